The van der Waals surface area contributed by atoms with Gasteiger partial charge in [-0.15, -0.1) is 0 Å². The van der Waals surface area contributed by atoms with E-state index in [1.54, 1.807) is 12.5 Å². The third-order valence-corrected chi connectivity index (χ3v) is 1.33. The summed E-state index contributed by atoms with van der Waals surface area (Å²) in [6, 6.07) is 1.83. The molecule has 1 heterocycles. The first-order valence-corrected chi connectivity index (χ1v) is 3.69. The van der Waals surface area contributed by atoms with Gasteiger partial charge in [0.05, 0.1) is 18.2 Å². The van der Waals surface area contributed by atoms with Crippen LogP contribution in [0.5, 0.6) is 0 Å². The van der Waals surface area contributed by atoms with E-state index in [0.717, 1.165) is 11.3 Å². The minimum atomic E-state index is 0.422. The van der Waals surface area contributed by atoms with Crippen LogP contribution >= 0.6 is 0 Å². The Morgan fingerprint density at radius 3 is 3.17 bits per heavy atom. The SMILES string of the molecule is C/C(CN)=N\OCc1ccoc1. The van der Waals surface area contributed by atoms with Gasteiger partial charge in [-0.2, -0.15) is 0 Å². The summed E-state index contributed by atoms with van der Waals surface area (Å²) in [4.78, 5) is 4.98. The van der Waals surface area contributed by atoms with Crippen LogP contribution < -0.4 is 5.73 Å². The van der Waals surface area contributed by atoms with E-state index < -0.39 is 0 Å². The van der Waals surface area contributed by atoms with E-state index in [-0.39, 0.29) is 0 Å². The first-order chi connectivity index (χ1) is 5.83. The molecule has 0 aliphatic carbocycles. The van der Waals surface area contributed by atoms with Crippen molar-refractivity contribution in [2.75, 3.05) is 6.54 Å². The Hall–Kier alpha value is -1.29. The van der Waals surface area contributed by atoms with Gasteiger partial charge in [-0.1, -0.05) is 5.16 Å². The van der Waals surface area contributed by atoms with Crippen molar-refractivity contribution in [3.8, 4) is 0 Å². The number of hydrogen-bond donors (Lipinski definition) is 1. The Morgan fingerprint density at radius 2 is 2.58 bits per heavy atom. The number of nitrogens with two attached hydrogens (primary N) is 1. The molecular weight excluding hydrogens is 156 g/mol. The Morgan fingerprint density at radius 1 is 1.75 bits per heavy atom. The predicted molar refractivity (Wildman–Crippen MR) is 45.7 cm³/mol. The normalized spacial score (nSPS) is 11.7. The van der Waals surface area contributed by atoms with Crippen LogP contribution in [0.1, 0.15) is 12.5 Å². The number of hydrogen-bond acceptors (Lipinski definition) is 4. The predicted octanol–water partition coefficient (Wildman–Crippen LogP) is 1.13. The Kier molecular flexibility index (Phi) is 3.35. The molecule has 66 valence electrons. The van der Waals surface area contributed by atoms with Crippen LogP contribution in [-0.2, 0) is 11.4 Å². The highest BCUT2D eigenvalue weighted by Gasteiger charge is 1.93. The average molecular weight is 168 g/mol. The third-order valence-electron chi connectivity index (χ3n) is 1.33. The smallest absolute Gasteiger partial charge is 0.145 e. The van der Waals surface area contributed by atoms with Crippen molar-refractivity contribution in [3.63, 3.8) is 0 Å². The number of nitrogens with zero attached hydrogens (tertiary/aromatic N) is 1. The molecule has 4 nitrogen and oxygen atoms in total. The maximum Gasteiger partial charge on any atom is 0.145 e. The summed E-state index contributed by atoms with van der Waals surface area (Å²) < 4.78 is 4.85. The van der Waals surface area contributed by atoms with E-state index in [9.17, 15) is 0 Å². The first-order valence-electron chi connectivity index (χ1n) is 3.69. The summed E-state index contributed by atoms with van der Waals surface area (Å²) in [5.74, 6) is 0. The van der Waals surface area contributed by atoms with Crippen molar-refractivity contribution in [1.82, 2.24) is 0 Å². The molecular formula is C8H12N2O2. The average Bonchev–Trinajstić information content (AvgIpc) is 2.57. The van der Waals surface area contributed by atoms with Gasteiger partial charge < -0.3 is 15.0 Å². The van der Waals surface area contributed by atoms with Gasteiger partial charge in [0.2, 0.25) is 0 Å². The Labute approximate surface area is 71.0 Å². The molecule has 1 aromatic heterocycles. The van der Waals surface area contributed by atoms with Gasteiger partial charge in [0.15, 0.2) is 0 Å². The summed E-state index contributed by atoms with van der Waals surface area (Å²) in [5.41, 5.74) is 7.04. The van der Waals surface area contributed by atoms with Crippen molar-refractivity contribution in [2.45, 2.75) is 13.5 Å². The van der Waals surface area contributed by atoms with Gasteiger partial charge in [-0.25, -0.2) is 0 Å². The molecule has 0 atom stereocenters. The molecule has 0 amide bonds. The number of rotatable bonds is 4. The fourth-order valence-corrected chi connectivity index (χ4v) is 0.629. The summed E-state index contributed by atoms with van der Waals surface area (Å²) in [5, 5.41) is 3.77. The quantitative estimate of drug-likeness (QED) is 0.541. The summed E-state index contributed by atoms with van der Waals surface area (Å²) in [6.45, 7) is 2.66. The van der Waals surface area contributed by atoms with Gasteiger partial charge in [0.25, 0.3) is 0 Å². The van der Waals surface area contributed by atoms with Crippen molar-refractivity contribution in [3.05, 3.63) is 24.2 Å². The fraction of sp³-hybridized carbons (Fsp3) is 0.375. The molecule has 0 spiro atoms. The standard InChI is InChI=1S/C8H12N2O2/c1-7(4-9)10-12-6-8-2-3-11-5-8/h2-3,5H,4,6,9H2,1H3/b10-7+. The van der Waals surface area contributed by atoms with Crippen molar-refractivity contribution in [1.29, 1.82) is 0 Å². The second-order valence-corrected chi connectivity index (χ2v) is 2.44. The monoisotopic (exact) mass is 168 g/mol. The lowest BCUT2D eigenvalue weighted by atomic mass is 10.4. The van der Waals surface area contributed by atoms with Crippen LogP contribution in [0.15, 0.2) is 28.2 Å². The van der Waals surface area contributed by atoms with E-state index >= 15 is 0 Å². The Bertz CT molecular complexity index is 242. The van der Waals surface area contributed by atoms with Crippen molar-refractivity contribution < 1.29 is 9.25 Å². The molecule has 0 aliphatic heterocycles. The van der Waals surface area contributed by atoms with Gasteiger partial charge in [-0.3, -0.25) is 0 Å². The zero-order valence-electron chi connectivity index (χ0n) is 6.99. The molecule has 0 bridgehead atoms. The van der Waals surface area contributed by atoms with Gasteiger partial charge in [0, 0.05) is 12.1 Å². The van der Waals surface area contributed by atoms with E-state index in [4.69, 9.17) is 15.0 Å². The highest BCUT2D eigenvalue weighted by molar-refractivity contribution is 5.83. The van der Waals surface area contributed by atoms with E-state index in [2.05, 4.69) is 5.16 Å². The van der Waals surface area contributed by atoms with Gasteiger partial charge >= 0.3 is 0 Å². The van der Waals surface area contributed by atoms with E-state index in [0.29, 0.717) is 13.2 Å². The highest BCUT2D eigenvalue weighted by atomic mass is 16.6. The van der Waals surface area contributed by atoms with Crippen molar-refractivity contribution >= 4 is 5.71 Å². The number of furan rings is 1. The molecule has 0 unspecified atom stereocenters. The summed E-state index contributed by atoms with van der Waals surface area (Å²) in [7, 11) is 0. The molecule has 0 saturated carbocycles. The zero-order valence-corrected chi connectivity index (χ0v) is 6.99. The minimum Gasteiger partial charge on any atom is -0.472 e. The highest BCUT2D eigenvalue weighted by Crippen LogP contribution is 2.01. The van der Waals surface area contributed by atoms with Gasteiger partial charge in [0.1, 0.15) is 6.61 Å². The van der Waals surface area contributed by atoms with E-state index in [1.807, 2.05) is 13.0 Å². The lowest BCUT2D eigenvalue weighted by Crippen LogP contribution is -2.09. The van der Waals surface area contributed by atoms with Crippen LogP contribution in [0.25, 0.3) is 0 Å². The van der Waals surface area contributed by atoms with Gasteiger partial charge in [-0.05, 0) is 13.0 Å². The molecule has 1 aromatic rings. The second kappa shape index (κ2) is 4.56. The van der Waals surface area contributed by atoms with Crippen LogP contribution in [0.3, 0.4) is 0 Å². The van der Waals surface area contributed by atoms with Crippen molar-refractivity contribution in [2.24, 2.45) is 10.9 Å². The maximum atomic E-state index is 5.30. The van der Waals surface area contributed by atoms with Crippen LogP contribution in [-0.4, -0.2) is 12.3 Å². The lowest BCUT2D eigenvalue weighted by Gasteiger charge is -1.96. The molecule has 0 radical (unpaired) electrons. The summed E-state index contributed by atoms with van der Waals surface area (Å²) >= 11 is 0. The molecule has 0 saturated heterocycles. The van der Waals surface area contributed by atoms with Crippen LogP contribution in [0.2, 0.25) is 0 Å². The maximum absolute atomic E-state index is 5.30. The molecule has 1 rings (SSSR count). The minimum absolute atomic E-state index is 0.422. The third kappa shape index (κ3) is 2.75. The van der Waals surface area contributed by atoms with Crippen LogP contribution in [0.4, 0.5) is 0 Å². The molecule has 0 aromatic carbocycles. The molecule has 2 N–H and O–H groups in total. The second-order valence-electron chi connectivity index (χ2n) is 2.44. The Balaban J connectivity index is 2.28. The lowest BCUT2D eigenvalue weighted by molar-refractivity contribution is 0.129. The molecule has 0 aliphatic rings. The first kappa shape index (κ1) is 8.80. The topological polar surface area (TPSA) is 60.8 Å². The molecule has 12 heavy (non-hydrogen) atoms. The summed E-state index contributed by atoms with van der Waals surface area (Å²) in [6.07, 6.45) is 3.21. The fourth-order valence-electron chi connectivity index (χ4n) is 0.629. The van der Waals surface area contributed by atoms with E-state index in [1.165, 1.54) is 0 Å². The molecule has 4 heteroatoms. The largest absolute Gasteiger partial charge is 0.472 e. The zero-order chi connectivity index (χ0) is 8.81. The number of oxime groups is 1. The molecule has 0 fully saturated rings. The van der Waals surface area contributed by atoms with Crippen LogP contribution in [0, 0.1) is 0 Å².